The fraction of sp³-hybridized carbons (Fsp3) is 0.231. The van der Waals surface area contributed by atoms with Crippen molar-refractivity contribution in [1.29, 1.82) is 0 Å². The summed E-state index contributed by atoms with van der Waals surface area (Å²) in [6, 6.07) is 7.26. The highest BCUT2D eigenvalue weighted by molar-refractivity contribution is 9.10. The van der Waals surface area contributed by atoms with Crippen LogP contribution in [0.1, 0.15) is 20.9 Å². The van der Waals surface area contributed by atoms with Gasteiger partial charge in [-0.2, -0.15) is 0 Å². The van der Waals surface area contributed by atoms with Gasteiger partial charge in [0.2, 0.25) is 5.51 Å². The van der Waals surface area contributed by atoms with E-state index in [9.17, 15) is 4.79 Å². The van der Waals surface area contributed by atoms with Crippen LogP contribution in [0.15, 0.2) is 34.2 Å². The number of carbonyl (C=O) groups is 1. The van der Waals surface area contributed by atoms with Crippen molar-refractivity contribution in [3.05, 3.63) is 50.4 Å². The van der Waals surface area contributed by atoms with Gasteiger partial charge in [-0.05, 0) is 28.1 Å². The molecular formula is C13H13BrNO2S+. The highest BCUT2D eigenvalue weighted by atomic mass is 79.9. The first-order valence-electron chi connectivity index (χ1n) is 5.55. The molecule has 0 fully saturated rings. The van der Waals surface area contributed by atoms with E-state index in [0.29, 0.717) is 12.2 Å². The topological polar surface area (TPSA) is 40.4 Å². The SMILES string of the molecule is Cc1[nH+]csc1CCOC(=O)c1ccccc1Br. The lowest BCUT2D eigenvalue weighted by molar-refractivity contribution is -0.380. The molecule has 0 atom stereocenters. The highest BCUT2D eigenvalue weighted by Gasteiger charge is 2.12. The number of ether oxygens (including phenoxy) is 1. The number of nitrogens with one attached hydrogen (secondary N) is 1. The largest absolute Gasteiger partial charge is 0.462 e. The van der Waals surface area contributed by atoms with Crippen molar-refractivity contribution in [2.45, 2.75) is 13.3 Å². The summed E-state index contributed by atoms with van der Waals surface area (Å²) in [6.45, 7) is 2.41. The number of aromatic nitrogens is 1. The molecule has 18 heavy (non-hydrogen) atoms. The second kappa shape index (κ2) is 6.11. The zero-order valence-corrected chi connectivity index (χ0v) is 12.3. The zero-order valence-electron chi connectivity index (χ0n) is 9.90. The van der Waals surface area contributed by atoms with Gasteiger partial charge in [-0.1, -0.05) is 23.5 Å². The third-order valence-corrected chi connectivity index (χ3v) is 4.27. The van der Waals surface area contributed by atoms with Gasteiger partial charge in [-0.3, -0.25) is 0 Å². The Morgan fingerprint density at radius 3 is 2.89 bits per heavy atom. The Kier molecular flexibility index (Phi) is 4.49. The highest BCUT2D eigenvalue weighted by Crippen LogP contribution is 2.17. The van der Waals surface area contributed by atoms with Crippen LogP contribution in [0.3, 0.4) is 0 Å². The van der Waals surface area contributed by atoms with Crippen LogP contribution in [-0.4, -0.2) is 12.6 Å². The van der Waals surface area contributed by atoms with Crippen LogP contribution in [0.25, 0.3) is 0 Å². The number of esters is 1. The number of halogens is 1. The predicted molar refractivity (Wildman–Crippen MR) is 73.7 cm³/mol. The van der Waals surface area contributed by atoms with E-state index in [-0.39, 0.29) is 5.97 Å². The van der Waals surface area contributed by atoms with Gasteiger partial charge >= 0.3 is 5.97 Å². The Labute approximate surface area is 118 Å². The molecule has 3 nitrogen and oxygen atoms in total. The minimum Gasteiger partial charge on any atom is -0.462 e. The summed E-state index contributed by atoms with van der Waals surface area (Å²) in [5.74, 6) is -0.291. The maximum atomic E-state index is 11.8. The van der Waals surface area contributed by atoms with E-state index in [4.69, 9.17) is 4.74 Å². The van der Waals surface area contributed by atoms with E-state index < -0.39 is 0 Å². The summed E-state index contributed by atoms with van der Waals surface area (Å²) >= 11 is 4.98. The summed E-state index contributed by atoms with van der Waals surface area (Å²) < 4.78 is 6.02. The smallest absolute Gasteiger partial charge is 0.339 e. The molecule has 2 rings (SSSR count). The molecule has 5 heteroatoms. The lowest BCUT2D eigenvalue weighted by atomic mass is 10.2. The quantitative estimate of drug-likeness (QED) is 0.810. The van der Waals surface area contributed by atoms with Crippen LogP contribution in [0.4, 0.5) is 0 Å². The standard InChI is InChI=1S/C13H12BrNO2S/c1-9-12(18-8-15-9)6-7-17-13(16)10-4-2-3-5-11(10)14/h2-5,8H,6-7H2,1H3/p+1. The van der Waals surface area contributed by atoms with Crippen LogP contribution < -0.4 is 4.98 Å². The fourth-order valence-electron chi connectivity index (χ4n) is 1.55. The fourth-order valence-corrected chi connectivity index (χ4v) is 2.81. The number of aromatic amines is 1. The van der Waals surface area contributed by atoms with Crippen LogP contribution >= 0.6 is 27.3 Å². The van der Waals surface area contributed by atoms with Gasteiger partial charge in [-0.15, -0.1) is 0 Å². The molecule has 1 N–H and O–H groups in total. The van der Waals surface area contributed by atoms with Gasteiger partial charge in [-0.25, -0.2) is 9.78 Å². The Bertz CT molecular complexity index is 553. The summed E-state index contributed by atoms with van der Waals surface area (Å²) in [6.07, 6.45) is 0.746. The summed E-state index contributed by atoms with van der Waals surface area (Å²) in [4.78, 5) is 16.2. The number of hydrogen-bond donors (Lipinski definition) is 0. The van der Waals surface area contributed by atoms with E-state index in [0.717, 1.165) is 16.6 Å². The zero-order chi connectivity index (χ0) is 13.0. The van der Waals surface area contributed by atoms with Gasteiger partial charge < -0.3 is 4.74 Å². The minimum absolute atomic E-state index is 0.291. The number of benzene rings is 1. The molecule has 0 saturated carbocycles. The van der Waals surface area contributed by atoms with E-state index >= 15 is 0 Å². The van der Waals surface area contributed by atoms with Crippen molar-refractivity contribution in [3.8, 4) is 0 Å². The first-order valence-corrected chi connectivity index (χ1v) is 7.22. The molecule has 1 aromatic heterocycles. The van der Waals surface area contributed by atoms with Crippen molar-refractivity contribution < 1.29 is 14.5 Å². The monoisotopic (exact) mass is 326 g/mol. The predicted octanol–water partition coefficient (Wildman–Crippen LogP) is 3.03. The van der Waals surface area contributed by atoms with Crippen LogP contribution in [0.2, 0.25) is 0 Å². The Morgan fingerprint density at radius 1 is 1.44 bits per heavy atom. The van der Waals surface area contributed by atoms with Crippen molar-refractivity contribution in [1.82, 2.24) is 0 Å². The summed E-state index contributed by atoms with van der Waals surface area (Å²) in [5, 5.41) is 0. The molecule has 0 amide bonds. The van der Waals surface area contributed by atoms with Crippen molar-refractivity contribution in [2.24, 2.45) is 0 Å². The molecule has 0 spiro atoms. The van der Waals surface area contributed by atoms with E-state index in [2.05, 4.69) is 20.9 Å². The van der Waals surface area contributed by atoms with E-state index in [1.54, 1.807) is 17.4 Å². The summed E-state index contributed by atoms with van der Waals surface area (Å²) in [5.41, 5.74) is 3.63. The molecule has 0 aliphatic rings. The number of aryl methyl sites for hydroxylation is 1. The molecule has 0 saturated heterocycles. The Balaban J connectivity index is 1.90. The third kappa shape index (κ3) is 3.17. The molecule has 94 valence electrons. The molecular weight excluding hydrogens is 314 g/mol. The van der Waals surface area contributed by atoms with Crippen LogP contribution in [0, 0.1) is 6.92 Å². The molecule has 0 radical (unpaired) electrons. The average molecular weight is 327 g/mol. The molecule has 0 aliphatic heterocycles. The first kappa shape index (κ1) is 13.2. The Hall–Kier alpha value is -1.20. The average Bonchev–Trinajstić information content (AvgIpc) is 2.75. The van der Waals surface area contributed by atoms with Crippen molar-refractivity contribution in [3.63, 3.8) is 0 Å². The normalized spacial score (nSPS) is 10.3. The molecule has 2 aromatic rings. The van der Waals surface area contributed by atoms with Gasteiger partial charge in [0, 0.05) is 17.8 Å². The number of rotatable bonds is 4. The second-order valence-electron chi connectivity index (χ2n) is 3.79. The van der Waals surface area contributed by atoms with Gasteiger partial charge in [0.25, 0.3) is 0 Å². The molecule has 1 heterocycles. The lowest BCUT2D eigenvalue weighted by Crippen LogP contribution is -2.09. The molecule has 0 bridgehead atoms. The molecule has 0 aliphatic carbocycles. The van der Waals surface area contributed by atoms with Gasteiger partial charge in [0.05, 0.1) is 17.0 Å². The van der Waals surface area contributed by atoms with E-state index in [1.165, 1.54) is 4.88 Å². The van der Waals surface area contributed by atoms with Crippen LogP contribution in [0.5, 0.6) is 0 Å². The maximum Gasteiger partial charge on any atom is 0.339 e. The lowest BCUT2D eigenvalue weighted by Gasteiger charge is -2.05. The molecule has 0 unspecified atom stereocenters. The van der Waals surface area contributed by atoms with E-state index in [1.807, 2.05) is 30.6 Å². The van der Waals surface area contributed by atoms with Gasteiger partial charge in [0.1, 0.15) is 0 Å². The molecule has 1 aromatic carbocycles. The number of carbonyl (C=O) groups excluding carboxylic acids is 1. The van der Waals surface area contributed by atoms with Crippen molar-refractivity contribution in [2.75, 3.05) is 6.61 Å². The van der Waals surface area contributed by atoms with Crippen LogP contribution in [-0.2, 0) is 11.2 Å². The second-order valence-corrected chi connectivity index (χ2v) is 5.61. The third-order valence-electron chi connectivity index (χ3n) is 2.55. The number of hydrogen-bond acceptors (Lipinski definition) is 3. The minimum atomic E-state index is -0.291. The van der Waals surface area contributed by atoms with Crippen molar-refractivity contribution >= 4 is 33.2 Å². The summed E-state index contributed by atoms with van der Waals surface area (Å²) in [7, 11) is 0. The maximum absolute atomic E-state index is 11.8. The first-order chi connectivity index (χ1) is 8.68. The van der Waals surface area contributed by atoms with Gasteiger partial charge in [0.15, 0.2) is 5.69 Å². The number of thiazole rings is 1. The number of H-pyrrole nitrogens is 1. The Morgan fingerprint density at radius 2 is 2.22 bits per heavy atom.